The van der Waals surface area contributed by atoms with E-state index in [0.717, 1.165) is 42.9 Å². The number of carbonyl (C=O) groups is 1. The molecule has 31 heavy (non-hydrogen) atoms. The number of rotatable bonds is 5. The molecule has 8 nitrogen and oxygen atoms in total. The van der Waals surface area contributed by atoms with Crippen LogP contribution >= 0.6 is 0 Å². The lowest BCUT2D eigenvalue weighted by atomic mass is 10.0. The minimum absolute atomic E-state index is 0.00677. The molecule has 0 spiro atoms. The van der Waals surface area contributed by atoms with Gasteiger partial charge in [-0.3, -0.25) is 10.1 Å². The first-order valence-electron chi connectivity index (χ1n) is 10.3. The minimum Gasteiger partial charge on any atom is -0.490 e. The van der Waals surface area contributed by atoms with E-state index in [1.54, 1.807) is 12.1 Å². The zero-order valence-corrected chi connectivity index (χ0v) is 17.3. The first-order chi connectivity index (χ1) is 15.1. The SMILES string of the molecule is COC(=O)/C=C/c1ccc(N2CCCC2c2ccc3c(c2)OCCCO3)c([N+](=O)[O-])c1. The molecule has 0 N–H and O–H groups in total. The summed E-state index contributed by atoms with van der Waals surface area (Å²) in [4.78, 5) is 24.9. The molecule has 1 fully saturated rings. The van der Waals surface area contributed by atoms with Crippen molar-refractivity contribution < 1.29 is 23.9 Å². The summed E-state index contributed by atoms with van der Waals surface area (Å²) in [6.07, 6.45) is 5.41. The van der Waals surface area contributed by atoms with E-state index in [0.29, 0.717) is 24.5 Å². The molecular weight excluding hydrogens is 400 g/mol. The number of esters is 1. The van der Waals surface area contributed by atoms with Gasteiger partial charge in [-0.2, -0.15) is 0 Å². The number of nitrogens with zero attached hydrogens (tertiary/aromatic N) is 2. The maximum Gasteiger partial charge on any atom is 0.330 e. The van der Waals surface area contributed by atoms with Gasteiger partial charge in [0, 0.05) is 25.1 Å². The zero-order chi connectivity index (χ0) is 21.8. The Morgan fingerprint density at radius 3 is 2.74 bits per heavy atom. The lowest BCUT2D eigenvalue weighted by Crippen LogP contribution is -2.23. The first-order valence-corrected chi connectivity index (χ1v) is 10.3. The van der Waals surface area contributed by atoms with Crippen LogP contribution in [0.1, 0.15) is 36.4 Å². The van der Waals surface area contributed by atoms with Gasteiger partial charge in [-0.25, -0.2) is 4.79 Å². The molecule has 1 atom stereocenters. The van der Waals surface area contributed by atoms with Gasteiger partial charge in [-0.15, -0.1) is 0 Å². The number of fused-ring (bicyclic) bond motifs is 1. The monoisotopic (exact) mass is 424 g/mol. The van der Waals surface area contributed by atoms with E-state index < -0.39 is 5.97 Å². The lowest BCUT2D eigenvalue weighted by molar-refractivity contribution is -0.384. The Morgan fingerprint density at radius 1 is 1.16 bits per heavy atom. The Hall–Kier alpha value is -3.55. The minimum atomic E-state index is -0.513. The number of hydrogen-bond donors (Lipinski definition) is 0. The van der Waals surface area contributed by atoms with Gasteiger partial charge in [0.25, 0.3) is 5.69 Å². The number of carbonyl (C=O) groups excluding carboxylic acids is 1. The third kappa shape index (κ3) is 4.47. The highest BCUT2D eigenvalue weighted by atomic mass is 16.6. The average Bonchev–Trinajstić information content (AvgIpc) is 3.15. The first kappa shape index (κ1) is 20.7. The molecule has 0 aliphatic carbocycles. The topological polar surface area (TPSA) is 91.1 Å². The largest absolute Gasteiger partial charge is 0.490 e. The number of anilines is 1. The van der Waals surface area contributed by atoms with Gasteiger partial charge < -0.3 is 19.1 Å². The Labute approximate surface area is 180 Å². The fourth-order valence-corrected chi connectivity index (χ4v) is 4.05. The normalized spacial score (nSPS) is 18.1. The van der Waals surface area contributed by atoms with E-state index in [1.807, 2.05) is 18.2 Å². The standard InChI is InChI=1S/C23H24N2O6/c1-29-23(26)10-6-16-5-8-19(20(14-16)25(27)28)24-11-2-4-18(24)17-7-9-21-22(15-17)31-13-3-12-30-21/h5-10,14-15,18H,2-4,11-13H2,1H3/b10-6+. The molecule has 162 valence electrons. The van der Waals surface area contributed by atoms with Gasteiger partial charge in [0.1, 0.15) is 5.69 Å². The van der Waals surface area contributed by atoms with Crippen molar-refractivity contribution in [3.05, 3.63) is 63.7 Å². The summed E-state index contributed by atoms with van der Waals surface area (Å²) in [5.74, 6) is 0.943. The van der Waals surface area contributed by atoms with Crippen LogP contribution in [0.5, 0.6) is 11.5 Å². The maximum absolute atomic E-state index is 11.8. The van der Waals surface area contributed by atoms with Crippen LogP contribution in [0.2, 0.25) is 0 Å². The fraction of sp³-hybridized carbons (Fsp3) is 0.348. The van der Waals surface area contributed by atoms with Crippen LogP contribution in [0, 0.1) is 10.1 Å². The number of benzene rings is 2. The van der Waals surface area contributed by atoms with Crippen LogP contribution in [0.25, 0.3) is 6.08 Å². The van der Waals surface area contributed by atoms with Crippen molar-refractivity contribution >= 4 is 23.4 Å². The second-order valence-electron chi connectivity index (χ2n) is 7.47. The summed E-state index contributed by atoms with van der Waals surface area (Å²) in [6, 6.07) is 10.9. The van der Waals surface area contributed by atoms with Crippen molar-refractivity contribution in [1.29, 1.82) is 0 Å². The number of ether oxygens (including phenoxy) is 3. The second kappa shape index (κ2) is 9.07. The van der Waals surface area contributed by atoms with Gasteiger partial charge in [0.2, 0.25) is 0 Å². The highest BCUT2D eigenvalue weighted by molar-refractivity contribution is 5.87. The summed E-state index contributed by atoms with van der Waals surface area (Å²) >= 11 is 0. The number of hydrogen-bond acceptors (Lipinski definition) is 7. The van der Waals surface area contributed by atoms with Crippen molar-refractivity contribution in [2.24, 2.45) is 0 Å². The highest BCUT2D eigenvalue weighted by Crippen LogP contribution is 2.43. The van der Waals surface area contributed by atoms with E-state index in [2.05, 4.69) is 9.64 Å². The van der Waals surface area contributed by atoms with Crippen LogP contribution < -0.4 is 14.4 Å². The van der Waals surface area contributed by atoms with Crippen LogP contribution in [0.15, 0.2) is 42.5 Å². The molecule has 2 heterocycles. The molecule has 0 bridgehead atoms. The molecule has 4 rings (SSSR count). The molecule has 1 saturated heterocycles. The molecule has 2 aromatic rings. The third-order valence-corrected chi connectivity index (χ3v) is 5.53. The summed E-state index contributed by atoms with van der Waals surface area (Å²) in [5, 5.41) is 11.8. The lowest BCUT2D eigenvalue weighted by Gasteiger charge is -2.27. The molecule has 0 amide bonds. The van der Waals surface area contributed by atoms with Gasteiger partial charge >= 0.3 is 5.97 Å². The number of nitro benzene ring substituents is 1. The Morgan fingerprint density at radius 2 is 1.97 bits per heavy atom. The maximum atomic E-state index is 11.8. The molecule has 2 aromatic carbocycles. The smallest absolute Gasteiger partial charge is 0.330 e. The molecule has 2 aliphatic rings. The van der Waals surface area contributed by atoms with E-state index in [9.17, 15) is 14.9 Å². The molecule has 1 unspecified atom stereocenters. The zero-order valence-electron chi connectivity index (χ0n) is 17.3. The predicted octanol–water partition coefficient (Wildman–Crippen LogP) is 4.28. The van der Waals surface area contributed by atoms with Gasteiger partial charge in [-0.1, -0.05) is 12.1 Å². The van der Waals surface area contributed by atoms with Gasteiger partial charge in [0.15, 0.2) is 11.5 Å². The van der Waals surface area contributed by atoms with Crippen molar-refractivity contribution in [2.45, 2.75) is 25.3 Å². The van der Waals surface area contributed by atoms with Crippen LogP contribution in [0.3, 0.4) is 0 Å². The van der Waals surface area contributed by atoms with Crippen LogP contribution in [0.4, 0.5) is 11.4 Å². The van der Waals surface area contributed by atoms with Crippen molar-refractivity contribution in [3.63, 3.8) is 0 Å². The fourth-order valence-electron chi connectivity index (χ4n) is 4.05. The molecule has 8 heteroatoms. The Kier molecular flexibility index (Phi) is 6.06. The second-order valence-corrected chi connectivity index (χ2v) is 7.47. The van der Waals surface area contributed by atoms with Crippen molar-refractivity contribution in [1.82, 2.24) is 0 Å². The van der Waals surface area contributed by atoms with Crippen molar-refractivity contribution in [2.75, 3.05) is 31.8 Å². The van der Waals surface area contributed by atoms with E-state index in [-0.39, 0.29) is 16.7 Å². The number of methoxy groups -OCH3 is 1. The van der Waals surface area contributed by atoms with Gasteiger partial charge in [0.05, 0.1) is 31.3 Å². The van der Waals surface area contributed by atoms with E-state index in [4.69, 9.17) is 9.47 Å². The van der Waals surface area contributed by atoms with Crippen molar-refractivity contribution in [3.8, 4) is 11.5 Å². The summed E-state index contributed by atoms with van der Waals surface area (Å²) in [7, 11) is 1.28. The molecule has 0 radical (unpaired) electrons. The highest BCUT2D eigenvalue weighted by Gasteiger charge is 2.31. The summed E-state index contributed by atoms with van der Waals surface area (Å²) < 4.78 is 16.1. The third-order valence-electron chi connectivity index (χ3n) is 5.53. The summed E-state index contributed by atoms with van der Waals surface area (Å²) in [5.41, 5.74) is 2.18. The van der Waals surface area contributed by atoms with Gasteiger partial charge in [-0.05, 0) is 48.2 Å². The average molecular weight is 424 g/mol. The van der Waals surface area contributed by atoms with Crippen LogP contribution in [-0.2, 0) is 9.53 Å². The van der Waals surface area contributed by atoms with Crippen LogP contribution in [-0.4, -0.2) is 37.8 Å². The van der Waals surface area contributed by atoms with E-state index in [1.165, 1.54) is 25.3 Å². The molecular formula is C23H24N2O6. The predicted molar refractivity (Wildman–Crippen MR) is 116 cm³/mol. The Balaban J connectivity index is 1.65. The molecule has 0 aromatic heterocycles. The molecule has 2 aliphatic heterocycles. The quantitative estimate of drug-likeness (QED) is 0.306. The summed E-state index contributed by atoms with van der Waals surface area (Å²) in [6.45, 7) is 1.96. The Bertz CT molecular complexity index is 1020. The number of nitro groups is 1. The molecule has 0 saturated carbocycles. The van der Waals surface area contributed by atoms with E-state index >= 15 is 0 Å².